The molecule has 0 saturated carbocycles. The quantitative estimate of drug-likeness (QED) is 0.727. The van der Waals surface area contributed by atoms with E-state index in [9.17, 15) is 8.78 Å². The smallest absolute Gasteiger partial charge is 0.138 e. The Labute approximate surface area is 119 Å². The Hall–Kier alpha value is -1.14. The van der Waals surface area contributed by atoms with Crippen molar-refractivity contribution in [1.29, 1.82) is 0 Å². The second-order valence-corrected chi connectivity index (χ2v) is 5.42. The summed E-state index contributed by atoms with van der Waals surface area (Å²) in [6.07, 6.45) is 0. The largest absolute Gasteiger partial charge is 0.398 e. The highest BCUT2D eigenvalue weighted by atomic mass is 79.9. The topological polar surface area (TPSA) is 52.0 Å². The van der Waals surface area contributed by atoms with Gasteiger partial charge in [0.1, 0.15) is 11.6 Å². The second kappa shape index (κ2) is 4.85. The first-order valence-corrected chi connectivity index (χ1v) is 6.48. The predicted octanol–water partition coefficient (Wildman–Crippen LogP) is 4.32. The van der Waals surface area contributed by atoms with Crippen LogP contribution in [0.3, 0.4) is 0 Å². The molecule has 4 N–H and O–H groups in total. The SMILES string of the molecule is Nc1cc(Br)c(F)cc1-c1cc(F)c(Br)cc1N. The van der Waals surface area contributed by atoms with Gasteiger partial charge in [-0.1, -0.05) is 0 Å². The maximum atomic E-state index is 13.5. The lowest BCUT2D eigenvalue weighted by Crippen LogP contribution is -1.97. The van der Waals surface area contributed by atoms with E-state index in [-0.39, 0.29) is 8.95 Å². The van der Waals surface area contributed by atoms with Crippen LogP contribution >= 0.6 is 31.9 Å². The molecule has 0 amide bonds. The van der Waals surface area contributed by atoms with Crippen molar-refractivity contribution < 1.29 is 8.78 Å². The van der Waals surface area contributed by atoms with Crippen LogP contribution in [0.2, 0.25) is 0 Å². The number of rotatable bonds is 1. The van der Waals surface area contributed by atoms with Crippen LogP contribution in [0.1, 0.15) is 0 Å². The summed E-state index contributed by atoms with van der Waals surface area (Å²) in [7, 11) is 0. The zero-order valence-corrected chi connectivity index (χ0v) is 12.1. The molecule has 0 spiro atoms. The Morgan fingerprint density at radius 2 is 1.06 bits per heavy atom. The Kier molecular flexibility index (Phi) is 3.59. The van der Waals surface area contributed by atoms with E-state index in [0.717, 1.165) is 0 Å². The zero-order valence-electron chi connectivity index (χ0n) is 8.98. The summed E-state index contributed by atoms with van der Waals surface area (Å²) < 4.78 is 27.5. The summed E-state index contributed by atoms with van der Waals surface area (Å²) in [5.41, 5.74) is 12.9. The number of hydrogen-bond acceptors (Lipinski definition) is 2. The maximum Gasteiger partial charge on any atom is 0.138 e. The fraction of sp³-hybridized carbons (Fsp3) is 0. The predicted molar refractivity (Wildman–Crippen MR) is 76.0 cm³/mol. The minimum atomic E-state index is -0.484. The highest BCUT2D eigenvalue weighted by Crippen LogP contribution is 2.36. The van der Waals surface area contributed by atoms with Crippen molar-refractivity contribution in [3.8, 4) is 11.1 Å². The molecule has 0 aliphatic rings. The molecular weight excluding hydrogens is 370 g/mol. The van der Waals surface area contributed by atoms with Gasteiger partial charge in [-0.25, -0.2) is 8.78 Å². The van der Waals surface area contributed by atoms with Gasteiger partial charge in [0.05, 0.1) is 8.95 Å². The summed E-state index contributed by atoms with van der Waals surface area (Å²) in [5, 5.41) is 0. The number of benzene rings is 2. The molecule has 0 atom stereocenters. The van der Waals surface area contributed by atoms with Crippen molar-refractivity contribution in [3.05, 3.63) is 44.8 Å². The third kappa shape index (κ3) is 2.35. The Balaban J connectivity index is 2.69. The molecule has 0 fully saturated rings. The first-order valence-electron chi connectivity index (χ1n) is 4.89. The van der Waals surface area contributed by atoms with Crippen molar-refractivity contribution in [2.75, 3.05) is 11.5 Å². The molecule has 0 unspecified atom stereocenters. The van der Waals surface area contributed by atoms with E-state index in [0.29, 0.717) is 22.5 Å². The van der Waals surface area contributed by atoms with Gasteiger partial charge in [-0.05, 0) is 56.1 Å². The number of halogens is 4. The number of hydrogen-bond donors (Lipinski definition) is 2. The number of anilines is 2. The molecule has 0 aliphatic carbocycles. The molecule has 0 heterocycles. The molecule has 0 aromatic heterocycles. The zero-order chi connectivity index (χ0) is 13.4. The van der Waals surface area contributed by atoms with Gasteiger partial charge in [-0.2, -0.15) is 0 Å². The molecule has 0 saturated heterocycles. The van der Waals surface area contributed by atoms with Crippen LogP contribution in [0.25, 0.3) is 11.1 Å². The van der Waals surface area contributed by atoms with Gasteiger partial charge >= 0.3 is 0 Å². The van der Waals surface area contributed by atoms with Gasteiger partial charge in [-0.3, -0.25) is 0 Å². The summed E-state index contributed by atoms with van der Waals surface area (Å²) in [5.74, 6) is -0.969. The lowest BCUT2D eigenvalue weighted by Gasteiger charge is -2.11. The van der Waals surface area contributed by atoms with Crippen molar-refractivity contribution in [1.82, 2.24) is 0 Å². The standard InChI is InChI=1S/C12H8Br2F2N2/c13-7-3-11(17)5(1-9(7)15)6-2-10(16)8(14)4-12(6)18/h1-4H,17-18H2. The third-order valence-electron chi connectivity index (χ3n) is 2.48. The van der Waals surface area contributed by atoms with Gasteiger partial charge in [0, 0.05) is 22.5 Å². The highest BCUT2D eigenvalue weighted by molar-refractivity contribution is 9.10. The van der Waals surface area contributed by atoms with Crippen LogP contribution in [-0.2, 0) is 0 Å². The van der Waals surface area contributed by atoms with Crippen LogP contribution in [0.5, 0.6) is 0 Å². The monoisotopic (exact) mass is 376 g/mol. The van der Waals surface area contributed by atoms with Gasteiger partial charge < -0.3 is 11.5 Å². The molecule has 94 valence electrons. The molecule has 18 heavy (non-hydrogen) atoms. The summed E-state index contributed by atoms with van der Waals surface area (Å²) >= 11 is 6.06. The Morgan fingerprint density at radius 3 is 1.39 bits per heavy atom. The van der Waals surface area contributed by atoms with Crippen LogP contribution in [-0.4, -0.2) is 0 Å². The van der Waals surface area contributed by atoms with Crippen molar-refractivity contribution in [3.63, 3.8) is 0 Å². The fourth-order valence-electron chi connectivity index (χ4n) is 1.59. The van der Waals surface area contributed by atoms with Crippen molar-refractivity contribution >= 4 is 43.2 Å². The minimum Gasteiger partial charge on any atom is -0.398 e. The summed E-state index contributed by atoms with van der Waals surface area (Å²) in [6, 6.07) is 5.28. The lowest BCUT2D eigenvalue weighted by atomic mass is 10.0. The van der Waals surface area contributed by atoms with E-state index in [1.807, 2.05) is 0 Å². The highest BCUT2D eigenvalue weighted by Gasteiger charge is 2.13. The number of nitrogen functional groups attached to an aromatic ring is 2. The summed E-state index contributed by atoms with van der Waals surface area (Å²) in [4.78, 5) is 0. The summed E-state index contributed by atoms with van der Waals surface area (Å²) in [6.45, 7) is 0. The molecular formula is C12H8Br2F2N2. The van der Waals surface area contributed by atoms with Crippen LogP contribution in [0.15, 0.2) is 33.2 Å². The van der Waals surface area contributed by atoms with Crippen molar-refractivity contribution in [2.45, 2.75) is 0 Å². The molecule has 0 radical (unpaired) electrons. The van der Waals surface area contributed by atoms with Gasteiger partial charge in [0.15, 0.2) is 0 Å². The molecule has 6 heteroatoms. The maximum absolute atomic E-state index is 13.5. The molecule has 2 aromatic rings. The molecule has 2 aromatic carbocycles. The molecule has 2 nitrogen and oxygen atoms in total. The van der Waals surface area contributed by atoms with E-state index in [1.54, 1.807) is 0 Å². The van der Waals surface area contributed by atoms with E-state index < -0.39 is 11.6 Å². The molecule has 0 aliphatic heterocycles. The van der Waals surface area contributed by atoms with Gasteiger partial charge in [0.25, 0.3) is 0 Å². The van der Waals surface area contributed by atoms with E-state index in [4.69, 9.17) is 11.5 Å². The molecule has 0 bridgehead atoms. The van der Waals surface area contributed by atoms with E-state index in [1.165, 1.54) is 24.3 Å². The number of nitrogens with two attached hydrogens (primary N) is 2. The van der Waals surface area contributed by atoms with Gasteiger partial charge in [0.2, 0.25) is 0 Å². The van der Waals surface area contributed by atoms with Gasteiger partial charge in [-0.15, -0.1) is 0 Å². The Bertz CT molecular complexity index is 574. The van der Waals surface area contributed by atoms with Crippen molar-refractivity contribution in [2.24, 2.45) is 0 Å². The average Bonchev–Trinajstić information content (AvgIpc) is 2.29. The van der Waals surface area contributed by atoms with Crippen LogP contribution in [0.4, 0.5) is 20.2 Å². The van der Waals surface area contributed by atoms with Crippen LogP contribution in [0, 0.1) is 11.6 Å². The second-order valence-electron chi connectivity index (χ2n) is 3.71. The first kappa shape index (κ1) is 13.3. The fourth-order valence-corrected chi connectivity index (χ4v) is 2.31. The van der Waals surface area contributed by atoms with Crippen LogP contribution < -0.4 is 11.5 Å². The minimum absolute atomic E-state index is 0.250. The third-order valence-corrected chi connectivity index (χ3v) is 3.69. The Morgan fingerprint density at radius 1 is 0.722 bits per heavy atom. The molecule has 2 rings (SSSR count). The normalized spacial score (nSPS) is 10.7. The van der Waals surface area contributed by atoms with E-state index in [2.05, 4.69) is 31.9 Å². The lowest BCUT2D eigenvalue weighted by molar-refractivity contribution is 0.619. The first-order chi connectivity index (χ1) is 8.40. The average molecular weight is 378 g/mol. The van der Waals surface area contributed by atoms with E-state index >= 15 is 0 Å².